The Morgan fingerprint density at radius 1 is 1.38 bits per heavy atom. The number of rotatable bonds is 6. The Bertz CT molecular complexity index is 891. The number of sulfonamides is 1. The molecule has 0 unspecified atom stereocenters. The first-order chi connectivity index (χ1) is 12.4. The number of nitrogens with zero attached hydrogens (tertiary/aromatic N) is 3. The molecule has 2 aromatic rings. The van der Waals surface area contributed by atoms with E-state index in [0.717, 1.165) is 36.2 Å². The first-order valence-corrected chi connectivity index (χ1v) is 10.9. The molecule has 1 aliphatic heterocycles. The van der Waals surface area contributed by atoms with Gasteiger partial charge >= 0.3 is 0 Å². The van der Waals surface area contributed by atoms with Crippen LogP contribution in [0.4, 0.5) is 0 Å². The second kappa shape index (κ2) is 7.75. The first-order valence-electron chi connectivity index (χ1n) is 9.01. The lowest BCUT2D eigenvalue weighted by molar-refractivity contribution is -0.120. The molecule has 3 rings (SSSR count). The number of hydrogen-bond donors (Lipinski definition) is 1. The number of pyridine rings is 1. The number of carbonyl (C=O) groups is 1. The second-order valence-electron chi connectivity index (χ2n) is 6.97. The molecule has 1 aliphatic rings. The molecule has 142 valence electrons. The molecule has 0 aliphatic carbocycles. The summed E-state index contributed by atoms with van der Waals surface area (Å²) in [6, 6.07) is 3.91. The third-order valence-electron chi connectivity index (χ3n) is 4.95. The zero-order chi connectivity index (χ0) is 18.7. The fourth-order valence-electron chi connectivity index (χ4n) is 3.64. The van der Waals surface area contributed by atoms with Gasteiger partial charge in [-0.3, -0.25) is 4.79 Å². The van der Waals surface area contributed by atoms with Crippen LogP contribution >= 0.6 is 0 Å². The summed E-state index contributed by atoms with van der Waals surface area (Å²) in [4.78, 5) is 16.6. The molecule has 26 heavy (non-hydrogen) atoms. The summed E-state index contributed by atoms with van der Waals surface area (Å²) < 4.78 is 27.3. The molecule has 1 N–H and O–H groups in total. The van der Waals surface area contributed by atoms with Gasteiger partial charge in [0.1, 0.15) is 5.65 Å². The van der Waals surface area contributed by atoms with Gasteiger partial charge in [-0.2, -0.15) is 4.31 Å². The van der Waals surface area contributed by atoms with Gasteiger partial charge in [-0.05, 0) is 37.8 Å². The number of amides is 1. The summed E-state index contributed by atoms with van der Waals surface area (Å²) >= 11 is 0. The molecule has 3 heterocycles. The summed E-state index contributed by atoms with van der Waals surface area (Å²) in [6.45, 7) is 3.05. The van der Waals surface area contributed by atoms with Crippen molar-refractivity contribution in [3.8, 4) is 0 Å². The Morgan fingerprint density at radius 2 is 2.19 bits per heavy atom. The molecule has 7 nitrogen and oxygen atoms in total. The Hall–Kier alpha value is -1.93. The van der Waals surface area contributed by atoms with Crippen molar-refractivity contribution >= 4 is 21.6 Å². The van der Waals surface area contributed by atoms with Crippen LogP contribution in [0.3, 0.4) is 0 Å². The third-order valence-corrected chi connectivity index (χ3v) is 6.28. The van der Waals surface area contributed by atoms with E-state index in [4.69, 9.17) is 0 Å². The predicted octanol–water partition coefficient (Wildman–Crippen LogP) is 1.51. The van der Waals surface area contributed by atoms with E-state index in [9.17, 15) is 13.2 Å². The van der Waals surface area contributed by atoms with Crippen LogP contribution in [0.15, 0.2) is 24.5 Å². The monoisotopic (exact) mass is 378 g/mol. The molecule has 1 atom stereocenters. The fourth-order valence-corrected chi connectivity index (χ4v) is 4.85. The number of imidazole rings is 1. The van der Waals surface area contributed by atoms with Crippen molar-refractivity contribution in [2.24, 2.45) is 0 Å². The van der Waals surface area contributed by atoms with Gasteiger partial charge in [0.25, 0.3) is 0 Å². The molecule has 1 amide bonds. The molecule has 2 aromatic heterocycles. The van der Waals surface area contributed by atoms with Gasteiger partial charge in [0.2, 0.25) is 15.9 Å². The molecule has 8 heteroatoms. The summed E-state index contributed by atoms with van der Waals surface area (Å²) in [7, 11) is -3.19. The maximum absolute atomic E-state index is 12.3. The van der Waals surface area contributed by atoms with Gasteiger partial charge in [-0.1, -0.05) is 12.5 Å². The van der Waals surface area contributed by atoms with Crippen LogP contribution in [0.5, 0.6) is 0 Å². The number of nitrogens with one attached hydrogen (secondary N) is 1. The number of fused-ring (bicyclic) bond motifs is 1. The van der Waals surface area contributed by atoms with Crippen molar-refractivity contribution in [1.82, 2.24) is 19.0 Å². The molecule has 0 aromatic carbocycles. The van der Waals surface area contributed by atoms with Crippen LogP contribution in [0.1, 0.15) is 36.9 Å². The fraction of sp³-hybridized carbons (Fsp3) is 0.556. The van der Waals surface area contributed by atoms with Gasteiger partial charge in [0.15, 0.2) is 0 Å². The maximum Gasteiger partial charge on any atom is 0.226 e. The topological polar surface area (TPSA) is 83.8 Å². The van der Waals surface area contributed by atoms with Crippen LogP contribution in [0, 0.1) is 6.92 Å². The van der Waals surface area contributed by atoms with E-state index in [0.29, 0.717) is 19.5 Å². The molecule has 0 saturated carbocycles. The van der Waals surface area contributed by atoms with Crippen molar-refractivity contribution in [2.45, 2.75) is 45.1 Å². The van der Waals surface area contributed by atoms with Crippen molar-refractivity contribution in [2.75, 3.05) is 19.3 Å². The highest BCUT2D eigenvalue weighted by Gasteiger charge is 2.28. The lowest BCUT2D eigenvalue weighted by Gasteiger charge is -2.33. The zero-order valence-electron chi connectivity index (χ0n) is 15.3. The molecule has 1 fully saturated rings. The van der Waals surface area contributed by atoms with E-state index in [1.165, 1.54) is 6.26 Å². The minimum atomic E-state index is -3.19. The molecular weight excluding hydrogens is 352 g/mol. The van der Waals surface area contributed by atoms with Crippen LogP contribution in [0.25, 0.3) is 5.65 Å². The van der Waals surface area contributed by atoms with E-state index in [-0.39, 0.29) is 18.4 Å². The highest BCUT2D eigenvalue weighted by atomic mass is 32.2. The smallest absolute Gasteiger partial charge is 0.226 e. The first kappa shape index (κ1) is 18.8. The van der Waals surface area contributed by atoms with E-state index < -0.39 is 10.0 Å². The van der Waals surface area contributed by atoms with Crippen LogP contribution in [-0.2, 0) is 21.2 Å². The largest absolute Gasteiger partial charge is 0.356 e. The molecule has 1 saturated heterocycles. The van der Waals surface area contributed by atoms with Crippen molar-refractivity contribution < 1.29 is 13.2 Å². The maximum atomic E-state index is 12.3. The number of piperidine rings is 1. The SMILES string of the molecule is Cc1cccn2c(CC(=O)NCC[C@@H]3CCCCN3S(C)(=O)=O)cnc12. The van der Waals surface area contributed by atoms with Crippen molar-refractivity contribution in [1.29, 1.82) is 0 Å². The number of aromatic nitrogens is 2. The minimum absolute atomic E-state index is 0.0162. The summed E-state index contributed by atoms with van der Waals surface area (Å²) in [5, 5.41) is 2.92. The average molecular weight is 378 g/mol. The molecule has 0 spiro atoms. The normalized spacial score (nSPS) is 18.9. The highest BCUT2D eigenvalue weighted by molar-refractivity contribution is 7.88. The van der Waals surface area contributed by atoms with Gasteiger partial charge in [0.05, 0.1) is 18.4 Å². The third kappa shape index (κ3) is 4.24. The summed E-state index contributed by atoms with van der Waals surface area (Å²) in [5.41, 5.74) is 2.77. The standard InChI is InChI=1S/C18H26N4O3S/c1-14-6-5-10-21-16(13-20-18(14)21)12-17(23)19-9-8-15-7-3-4-11-22(15)26(2,24)25/h5-6,10,13,15H,3-4,7-9,11-12H2,1-2H3,(H,19,23)/t15-/m0/s1. The van der Waals surface area contributed by atoms with Crippen molar-refractivity contribution in [3.05, 3.63) is 35.8 Å². The lowest BCUT2D eigenvalue weighted by Crippen LogP contribution is -2.44. The Morgan fingerprint density at radius 3 is 2.96 bits per heavy atom. The Labute approximate surface area is 154 Å². The lowest BCUT2D eigenvalue weighted by atomic mass is 10.0. The van der Waals surface area contributed by atoms with Crippen LogP contribution in [-0.4, -0.2) is 53.4 Å². The Kier molecular flexibility index (Phi) is 5.62. The quantitative estimate of drug-likeness (QED) is 0.826. The number of aryl methyl sites for hydroxylation is 1. The van der Waals surface area contributed by atoms with Crippen LogP contribution in [0.2, 0.25) is 0 Å². The van der Waals surface area contributed by atoms with E-state index >= 15 is 0 Å². The minimum Gasteiger partial charge on any atom is -0.356 e. The molecule has 0 bridgehead atoms. The van der Waals surface area contributed by atoms with Crippen molar-refractivity contribution in [3.63, 3.8) is 0 Å². The predicted molar refractivity (Wildman–Crippen MR) is 100 cm³/mol. The highest BCUT2D eigenvalue weighted by Crippen LogP contribution is 2.21. The Balaban J connectivity index is 1.55. The van der Waals surface area contributed by atoms with E-state index in [1.54, 1.807) is 10.5 Å². The van der Waals surface area contributed by atoms with E-state index in [2.05, 4.69) is 10.3 Å². The molecule has 0 radical (unpaired) electrons. The van der Waals surface area contributed by atoms with Gasteiger partial charge in [0, 0.05) is 31.5 Å². The second-order valence-corrected chi connectivity index (χ2v) is 8.91. The number of hydrogen-bond acceptors (Lipinski definition) is 4. The van der Waals surface area contributed by atoms with Gasteiger partial charge in [-0.25, -0.2) is 13.4 Å². The van der Waals surface area contributed by atoms with Gasteiger partial charge in [-0.15, -0.1) is 0 Å². The van der Waals surface area contributed by atoms with Crippen LogP contribution < -0.4 is 5.32 Å². The molecular formula is C18H26N4O3S. The number of carbonyl (C=O) groups excluding carboxylic acids is 1. The zero-order valence-corrected chi connectivity index (χ0v) is 16.1. The average Bonchev–Trinajstić information content (AvgIpc) is 2.99. The summed E-state index contributed by atoms with van der Waals surface area (Å²) in [6.07, 6.45) is 8.59. The van der Waals surface area contributed by atoms with E-state index in [1.807, 2.05) is 29.7 Å². The summed E-state index contributed by atoms with van der Waals surface area (Å²) in [5.74, 6) is -0.0741. The van der Waals surface area contributed by atoms with Gasteiger partial charge < -0.3 is 9.72 Å².